The summed E-state index contributed by atoms with van der Waals surface area (Å²) in [7, 11) is 0. The predicted molar refractivity (Wildman–Crippen MR) is 111 cm³/mol. The molecule has 4 rings (SSSR count). The molecule has 0 saturated carbocycles. The normalized spacial score (nSPS) is 13.3. The van der Waals surface area contributed by atoms with Gasteiger partial charge in [0.25, 0.3) is 0 Å². The third kappa shape index (κ3) is 3.24. The van der Waals surface area contributed by atoms with Crippen molar-refractivity contribution >= 4 is 39.5 Å². The molecule has 0 aliphatic rings. The molecule has 2 N–H and O–H groups in total. The Morgan fingerprint density at radius 3 is 2.75 bits per heavy atom. The summed E-state index contributed by atoms with van der Waals surface area (Å²) in [6, 6.07) is 11.2. The van der Waals surface area contributed by atoms with Crippen molar-refractivity contribution in [1.82, 2.24) is 19.7 Å². The number of halogens is 1. The Labute approximate surface area is 167 Å². The van der Waals surface area contributed by atoms with Crippen LogP contribution >= 0.6 is 11.6 Å². The minimum atomic E-state index is -0.848. The van der Waals surface area contributed by atoms with E-state index in [1.165, 1.54) is 0 Å². The SMILES string of the molecule is CC(C)(C)[C@H](CC(=O)O)n1c(-c2ccc3cn[nH]c3c2)nc2ccc(Cl)cc21. The van der Waals surface area contributed by atoms with Crippen molar-refractivity contribution in [3.8, 4) is 11.4 Å². The van der Waals surface area contributed by atoms with Gasteiger partial charge in [0, 0.05) is 16.0 Å². The number of aromatic nitrogens is 4. The monoisotopic (exact) mass is 396 g/mol. The molecular weight excluding hydrogens is 376 g/mol. The van der Waals surface area contributed by atoms with Crippen LogP contribution in [0.5, 0.6) is 0 Å². The van der Waals surface area contributed by atoms with Gasteiger partial charge >= 0.3 is 5.97 Å². The maximum atomic E-state index is 11.7. The third-order valence-electron chi connectivity index (χ3n) is 5.03. The van der Waals surface area contributed by atoms with E-state index in [2.05, 4.69) is 10.2 Å². The smallest absolute Gasteiger partial charge is 0.305 e. The first-order chi connectivity index (χ1) is 13.2. The lowest BCUT2D eigenvalue weighted by Gasteiger charge is -2.32. The highest BCUT2D eigenvalue weighted by atomic mass is 35.5. The van der Waals surface area contributed by atoms with Gasteiger partial charge in [0.15, 0.2) is 0 Å². The highest BCUT2D eigenvalue weighted by Crippen LogP contribution is 2.40. The summed E-state index contributed by atoms with van der Waals surface area (Å²) in [4.78, 5) is 16.5. The van der Waals surface area contributed by atoms with Gasteiger partial charge < -0.3 is 9.67 Å². The van der Waals surface area contributed by atoms with Crippen molar-refractivity contribution in [1.29, 1.82) is 0 Å². The minimum absolute atomic E-state index is 0.0131. The number of hydrogen-bond acceptors (Lipinski definition) is 3. The molecule has 28 heavy (non-hydrogen) atoms. The first-order valence-corrected chi connectivity index (χ1v) is 9.44. The molecule has 6 nitrogen and oxygen atoms in total. The number of hydrogen-bond donors (Lipinski definition) is 2. The van der Waals surface area contributed by atoms with Crippen molar-refractivity contribution in [2.24, 2.45) is 5.41 Å². The van der Waals surface area contributed by atoms with Gasteiger partial charge in [-0.05, 0) is 29.7 Å². The van der Waals surface area contributed by atoms with Crippen molar-refractivity contribution in [2.45, 2.75) is 33.2 Å². The van der Waals surface area contributed by atoms with Gasteiger partial charge in [-0.2, -0.15) is 5.10 Å². The van der Waals surface area contributed by atoms with Crippen LogP contribution in [-0.4, -0.2) is 30.8 Å². The molecule has 0 bridgehead atoms. The first-order valence-electron chi connectivity index (χ1n) is 9.07. The van der Waals surface area contributed by atoms with Crippen LogP contribution < -0.4 is 0 Å². The topological polar surface area (TPSA) is 83.8 Å². The summed E-state index contributed by atoms with van der Waals surface area (Å²) in [6.07, 6.45) is 1.75. The summed E-state index contributed by atoms with van der Waals surface area (Å²) < 4.78 is 2.02. The number of benzene rings is 2. The number of aromatic amines is 1. The molecular formula is C21H21ClN4O2. The molecule has 2 aromatic carbocycles. The number of carboxylic acid groups (broad SMARTS) is 1. The first kappa shape index (κ1) is 18.5. The van der Waals surface area contributed by atoms with E-state index in [0.717, 1.165) is 33.3 Å². The average Bonchev–Trinajstić information content (AvgIpc) is 3.21. The van der Waals surface area contributed by atoms with E-state index >= 15 is 0 Å². The number of carboxylic acids is 1. The van der Waals surface area contributed by atoms with Crippen molar-refractivity contribution in [3.05, 3.63) is 47.6 Å². The van der Waals surface area contributed by atoms with Gasteiger partial charge in [-0.15, -0.1) is 0 Å². The van der Waals surface area contributed by atoms with Gasteiger partial charge in [0.2, 0.25) is 0 Å². The molecule has 4 aromatic rings. The Kier molecular flexibility index (Phi) is 4.38. The van der Waals surface area contributed by atoms with Gasteiger partial charge in [-0.3, -0.25) is 9.89 Å². The molecule has 0 saturated heterocycles. The number of nitrogens with one attached hydrogen (secondary N) is 1. The quantitative estimate of drug-likeness (QED) is 0.490. The van der Waals surface area contributed by atoms with E-state index in [1.54, 1.807) is 12.3 Å². The second kappa shape index (κ2) is 6.63. The standard InChI is InChI=1S/C21H21ClN4O2/c1-21(2,3)18(10-19(27)28)26-17-9-14(22)6-7-15(17)24-20(26)12-4-5-13-11-23-25-16(13)8-12/h4-9,11,18H,10H2,1-3H3,(H,23,25)(H,27,28)/t18-/m0/s1. The van der Waals surface area contributed by atoms with Crippen molar-refractivity contribution in [3.63, 3.8) is 0 Å². The Morgan fingerprint density at radius 2 is 2.04 bits per heavy atom. The Hall–Kier alpha value is -2.86. The summed E-state index contributed by atoms with van der Waals surface area (Å²) in [6.45, 7) is 6.12. The number of carbonyl (C=O) groups is 1. The van der Waals surface area contributed by atoms with Crippen LogP contribution in [0.15, 0.2) is 42.6 Å². The van der Waals surface area contributed by atoms with Crippen LogP contribution in [0.3, 0.4) is 0 Å². The Bertz CT molecular complexity index is 1190. The number of aliphatic carboxylic acids is 1. The van der Waals surface area contributed by atoms with Gasteiger partial charge in [0.1, 0.15) is 5.82 Å². The van der Waals surface area contributed by atoms with Crippen LogP contribution in [0.1, 0.15) is 33.2 Å². The molecule has 0 amide bonds. The molecule has 0 fully saturated rings. The van der Waals surface area contributed by atoms with Gasteiger partial charge in [-0.1, -0.05) is 44.5 Å². The lowest BCUT2D eigenvalue weighted by Crippen LogP contribution is -2.27. The van der Waals surface area contributed by atoms with E-state index in [4.69, 9.17) is 16.6 Å². The van der Waals surface area contributed by atoms with Crippen molar-refractivity contribution in [2.75, 3.05) is 0 Å². The van der Waals surface area contributed by atoms with Gasteiger partial charge in [-0.25, -0.2) is 4.98 Å². The second-order valence-corrected chi connectivity index (χ2v) is 8.53. The van der Waals surface area contributed by atoms with Gasteiger partial charge in [0.05, 0.1) is 35.2 Å². The fourth-order valence-electron chi connectivity index (χ4n) is 3.61. The number of imidazole rings is 1. The third-order valence-corrected chi connectivity index (χ3v) is 5.27. The molecule has 0 radical (unpaired) electrons. The Morgan fingerprint density at radius 1 is 1.25 bits per heavy atom. The van der Waals surface area contributed by atoms with Crippen LogP contribution in [0.25, 0.3) is 33.3 Å². The van der Waals surface area contributed by atoms with Crippen LogP contribution in [-0.2, 0) is 4.79 Å². The molecule has 0 unspecified atom stereocenters. The fourth-order valence-corrected chi connectivity index (χ4v) is 3.78. The molecule has 0 aliphatic carbocycles. The van der Waals surface area contributed by atoms with E-state index in [9.17, 15) is 9.90 Å². The Balaban J connectivity index is 2.02. The summed E-state index contributed by atoms with van der Waals surface area (Å²) in [5, 5.41) is 18.2. The molecule has 0 spiro atoms. The molecule has 2 heterocycles. The fraction of sp³-hybridized carbons (Fsp3) is 0.286. The lowest BCUT2D eigenvalue weighted by atomic mass is 9.84. The summed E-state index contributed by atoms with van der Waals surface area (Å²) >= 11 is 6.26. The van der Waals surface area contributed by atoms with E-state index in [1.807, 2.05) is 55.7 Å². The zero-order chi connectivity index (χ0) is 20.1. The van der Waals surface area contributed by atoms with E-state index in [-0.39, 0.29) is 17.9 Å². The summed E-state index contributed by atoms with van der Waals surface area (Å²) in [5.74, 6) is -0.131. The zero-order valence-electron chi connectivity index (χ0n) is 15.9. The molecule has 1 atom stereocenters. The number of fused-ring (bicyclic) bond motifs is 2. The largest absolute Gasteiger partial charge is 0.481 e. The zero-order valence-corrected chi connectivity index (χ0v) is 16.7. The summed E-state index contributed by atoms with van der Waals surface area (Å²) in [5.41, 5.74) is 3.10. The van der Waals surface area contributed by atoms with E-state index < -0.39 is 5.97 Å². The molecule has 144 valence electrons. The second-order valence-electron chi connectivity index (χ2n) is 8.09. The van der Waals surface area contributed by atoms with Crippen molar-refractivity contribution < 1.29 is 9.90 Å². The highest BCUT2D eigenvalue weighted by molar-refractivity contribution is 6.31. The van der Waals surface area contributed by atoms with Crippen LogP contribution in [0.4, 0.5) is 0 Å². The maximum absolute atomic E-state index is 11.7. The lowest BCUT2D eigenvalue weighted by molar-refractivity contribution is -0.138. The molecule has 7 heteroatoms. The maximum Gasteiger partial charge on any atom is 0.305 e. The van der Waals surface area contributed by atoms with Crippen LogP contribution in [0, 0.1) is 5.41 Å². The minimum Gasteiger partial charge on any atom is -0.481 e. The number of H-pyrrole nitrogens is 1. The molecule has 0 aliphatic heterocycles. The average molecular weight is 397 g/mol. The number of nitrogens with zero attached hydrogens (tertiary/aromatic N) is 3. The molecule has 2 aromatic heterocycles. The van der Waals surface area contributed by atoms with Crippen LogP contribution in [0.2, 0.25) is 5.02 Å². The van der Waals surface area contributed by atoms with E-state index in [0.29, 0.717) is 5.02 Å². The predicted octanol–water partition coefficient (Wildman–Crippen LogP) is 5.29. The number of rotatable bonds is 4. The highest BCUT2D eigenvalue weighted by Gasteiger charge is 2.32.